The third-order valence-electron chi connectivity index (χ3n) is 4.05. The van der Waals surface area contributed by atoms with E-state index in [1.165, 1.54) is 0 Å². The summed E-state index contributed by atoms with van der Waals surface area (Å²) in [5.41, 5.74) is 1.02. The molecule has 0 radical (unpaired) electrons. The van der Waals surface area contributed by atoms with Crippen LogP contribution in [0.2, 0.25) is 0 Å². The van der Waals surface area contributed by atoms with E-state index in [1.807, 2.05) is 0 Å². The van der Waals surface area contributed by atoms with Gasteiger partial charge in [0.15, 0.2) is 5.82 Å². The van der Waals surface area contributed by atoms with E-state index in [2.05, 4.69) is 62.9 Å². The molecule has 0 fully saturated rings. The molecule has 0 aliphatic carbocycles. The molecular weight excluding hydrogens is 278 g/mol. The predicted molar refractivity (Wildman–Crippen MR) is 85.0 cm³/mol. The van der Waals surface area contributed by atoms with Crippen molar-refractivity contribution in [2.24, 2.45) is 0 Å². The van der Waals surface area contributed by atoms with Crippen LogP contribution in [0, 0.1) is 0 Å². The first kappa shape index (κ1) is 16.7. The van der Waals surface area contributed by atoms with Crippen LogP contribution in [0.1, 0.15) is 101 Å². The van der Waals surface area contributed by atoms with Gasteiger partial charge >= 0.3 is 0 Å². The standard InChI is InChI=1S/C17H27N3O2/c1-10(2)14-9-15(21-19-14)12(5)7-8-13(6)17-18-16(11(3)4)20-22-17/h9-13H,7-8H2,1-6H3. The lowest BCUT2D eigenvalue weighted by molar-refractivity contribution is 0.330. The van der Waals surface area contributed by atoms with Crippen molar-refractivity contribution in [3.63, 3.8) is 0 Å². The Kier molecular flexibility index (Phi) is 5.37. The van der Waals surface area contributed by atoms with Crippen molar-refractivity contribution in [3.05, 3.63) is 29.2 Å². The highest BCUT2D eigenvalue weighted by Crippen LogP contribution is 2.28. The molecule has 0 saturated heterocycles. The summed E-state index contributed by atoms with van der Waals surface area (Å²) >= 11 is 0. The predicted octanol–water partition coefficient (Wildman–Crippen LogP) is 4.99. The van der Waals surface area contributed by atoms with E-state index < -0.39 is 0 Å². The van der Waals surface area contributed by atoms with Crippen LogP contribution in [0.4, 0.5) is 0 Å². The van der Waals surface area contributed by atoms with Crippen molar-refractivity contribution in [2.45, 2.75) is 78.1 Å². The Labute approximate surface area is 132 Å². The topological polar surface area (TPSA) is 65.0 Å². The second-order valence-corrected chi connectivity index (χ2v) is 6.83. The van der Waals surface area contributed by atoms with E-state index in [0.29, 0.717) is 17.8 Å². The summed E-state index contributed by atoms with van der Waals surface area (Å²) in [5, 5.41) is 8.16. The normalized spacial score (nSPS) is 14.7. The quantitative estimate of drug-likeness (QED) is 0.720. The molecule has 2 rings (SSSR count). The van der Waals surface area contributed by atoms with E-state index in [0.717, 1.165) is 36.0 Å². The Balaban J connectivity index is 1.90. The lowest BCUT2D eigenvalue weighted by Crippen LogP contribution is -1.99. The zero-order valence-corrected chi connectivity index (χ0v) is 14.5. The third kappa shape index (κ3) is 3.96. The van der Waals surface area contributed by atoms with Crippen molar-refractivity contribution in [2.75, 3.05) is 0 Å². The summed E-state index contributed by atoms with van der Waals surface area (Å²) in [4.78, 5) is 4.47. The molecule has 2 atom stereocenters. The van der Waals surface area contributed by atoms with Gasteiger partial charge in [-0.05, 0) is 18.8 Å². The highest BCUT2D eigenvalue weighted by molar-refractivity contribution is 5.12. The number of nitrogens with zero attached hydrogens (tertiary/aromatic N) is 3. The second-order valence-electron chi connectivity index (χ2n) is 6.83. The maximum atomic E-state index is 5.46. The Morgan fingerprint density at radius 2 is 1.55 bits per heavy atom. The second kappa shape index (κ2) is 7.07. The largest absolute Gasteiger partial charge is 0.361 e. The number of hydrogen-bond acceptors (Lipinski definition) is 5. The Morgan fingerprint density at radius 1 is 0.864 bits per heavy atom. The van der Waals surface area contributed by atoms with Crippen LogP contribution >= 0.6 is 0 Å². The molecule has 122 valence electrons. The van der Waals surface area contributed by atoms with Crippen molar-refractivity contribution >= 4 is 0 Å². The zero-order chi connectivity index (χ0) is 16.3. The molecule has 2 aromatic rings. The molecular formula is C17H27N3O2. The fraction of sp³-hybridized carbons (Fsp3) is 0.706. The van der Waals surface area contributed by atoms with Crippen molar-refractivity contribution < 1.29 is 9.05 Å². The van der Waals surface area contributed by atoms with Crippen molar-refractivity contribution in [1.82, 2.24) is 15.3 Å². The minimum absolute atomic E-state index is 0.259. The van der Waals surface area contributed by atoms with Gasteiger partial charge in [-0.15, -0.1) is 0 Å². The molecule has 0 aliphatic heterocycles. The monoisotopic (exact) mass is 305 g/mol. The molecule has 0 saturated carbocycles. The van der Waals surface area contributed by atoms with Gasteiger partial charge in [0.2, 0.25) is 5.89 Å². The number of rotatable bonds is 7. The summed E-state index contributed by atoms with van der Waals surface area (Å²) in [6.45, 7) is 12.7. The first-order valence-electron chi connectivity index (χ1n) is 8.18. The summed E-state index contributed by atoms with van der Waals surface area (Å²) in [7, 11) is 0. The minimum Gasteiger partial charge on any atom is -0.361 e. The molecule has 0 amide bonds. The van der Waals surface area contributed by atoms with E-state index >= 15 is 0 Å². The van der Waals surface area contributed by atoms with Gasteiger partial charge in [-0.3, -0.25) is 0 Å². The number of hydrogen-bond donors (Lipinski definition) is 0. The SMILES string of the molecule is CC(C)c1cc(C(C)CCC(C)c2nc(C(C)C)no2)on1. The summed E-state index contributed by atoms with van der Waals surface area (Å²) in [5.74, 6) is 3.78. The maximum absolute atomic E-state index is 5.46. The highest BCUT2D eigenvalue weighted by Gasteiger charge is 2.19. The van der Waals surface area contributed by atoms with E-state index in [-0.39, 0.29) is 5.92 Å². The molecule has 22 heavy (non-hydrogen) atoms. The molecule has 2 aromatic heterocycles. The third-order valence-corrected chi connectivity index (χ3v) is 4.05. The molecule has 0 bridgehead atoms. The fourth-order valence-electron chi connectivity index (χ4n) is 2.26. The van der Waals surface area contributed by atoms with Gasteiger partial charge in [0, 0.05) is 23.8 Å². The highest BCUT2D eigenvalue weighted by atomic mass is 16.5. The number of aromatic nitrogens is 3. The molecule has 0 aliphatic rings. The van der Waals surface area contributed by atoms with Crippen LogP contribution in [0.25, 0.3) is 0 Å². The van der Waals surface area contributed by atoms with Crippen LogP contribution in [0.5, 0.6) is 0 Å². The van der Waals surface area contributed by atoms with Gasteiger partial charge in [-0.25, -0.2) is 0 Å². The van der Waals surface area contributed by atoms with E-state index in [1.54, 1.807) is 0 Å². The summed E-state index contributed by atoms with van der Waals surface area (Å²) in [6.07, 6.45) is 1.99. The van der Waals surface area contributed by atoms with Crippen LogP contribution in [0.15, 0.2) is 15.1 Å². The van der Waals surface area contributed by atoms with Gasteiger partial charge in [0.25, 0.3) is 0 Å². The van der Waals surface area contributed by atoms with Crippen LogP contribution in [-0.4, -0.2) is 15.3 Å². The maximum Gasteiger partial charge on any atom is 0.229 e. The van der Waals surface area contributed by atoms with Gasteiger partial charge in [-0.1, -0.05) is 51.9 Å². The summed E-state index contributed by atoms with van der Waals surface area (Å²) in [6, 6.07) is 2.07. The van der Waals surface area contributed by atoms with Gasteiger partial charge < -0.3 is 9.05 Å². The minimum atomic E-state index is 0.259. The Hall–Kier alpha value is -1.65. The Morgan fingerprint density at radius 3 is 2.09 bits per heavy atom. The van der Waals surface area contributed by atoms with Crippen molar-refractivity contribution in [1.29, 1.82) is 0 Å². The Bertz CT molecular complexity index is 534. The van der Waals surface area contributed by atoms with Gasteiger partial charge in [-0.2, -0.15) is 4.98 Å². The first-order chi connectivity index (χ1) is 10.4. The van der Waals surface area contributed by atoms with Gasteiger partial charge in [0.1, 0.15) is 5.76 Å². The van der Waals surface area contributed by atoms with Gasteiger partial charge in [0.05, 0.1) is 5.69 Å². The molecule has 2 heterocycles. The molecule has 0 aromatic carbocycles. The first-order valence-corrected chi connectivity index (χ1v) is 8.18. The van der Waals surface area contributed by atoms with Crippen molar-refractivity contribution in [3.8, 4) is 0 Å². The van der Waals surface area contributed by atoms with Crippen LogP contribution in [0.3, 0.4) is 0 Å². The average molecular weight is 305 g/mol. The van der Waals surface area contributed by atoms with E-state index in [4.69, 9.17) is 9.05 Å². The van der Waals surface area contributed by atoms with Crippen LogP contribution < -0.4 is 0 Å². The van der Waals surface area contributed by atoms with E-state index in [9.17, 15) is 0 Å². The molecule has 2 unspecified atom stereocenters. The molecule has 0 N–H and O–H groups in total. The average Bonchev–Trinajstić information content (AvgIpc) is 3.12. The molecule has 5 heteroatoms. The zero-order valence-electron chi connectivity index (χ0n) is 14.5. The summed E-state index contributed by atoms with van der Waals surface area (Å²) < 4.78 is 10.8. The molecule has 5 nitrogen and oxygen atoms in total. The lowest BCUT2D eigenvalue weighted by Gasteiger charge is -2.10. The fourth-order valence-corrected chi connectivity index (χ4v) is 2.26. The smallest absolute Gasteiger partial charge is 0.229 e. The van der Waals surface area contributed by atoms with Crippen LogP contribution in [-0.2, 0) is 0 Å². The molecule has 0 spiro atoms. The lowest BCUT2D eigenvalue weighted by atomic mass is 9.95.